The Morgan fingerprint density at radius 2 is 1.83 bits per heavy atom. The van der Waals surface area contributed by atoms with Crippen LogP contribution in [0.5, 0.6) is 11.6 Å². The zero-order valence-electron chi connectivity index (χ0n) is 21.0. The molecule has 4 aliphatic heterocycles. The lowest BCUT2D eigenvalue weighted by Gasteiger charge is -2.36. The maximum Gasteiger partial charge on any atom is 0.256 e. The predicted octanol–water partition coefficient (Wildman–Crippen LogP) is 3.02. The van der Waals surface area contributed by atoms with Crippen molar-refractivity contribution in [3.05, 3.63) is 41.2 Å². The summed E-state index contributed by atoms with van der Waals surface area (Å²) in [7, 11) is 1.61. The van der Waals surface area contributed by atoms with E-state index >= 15 is 0 Å². The number of hydrogen-bond acceptors (Lipinski definition) is 8. The summed E-state index contributed by atoms with van der Waals surface area (Å²) in [4.78, 5) is 27.2. The van der Waals surface area contributed by atoms with Crippen molar-refractivity contribution >= 4 is 11.7 Å². The molecule has 4 aliphatic rings. The van der Waals surface area contributed by atoms with Gasteiger partial charge in [-0.2, -0.15) is 0 Å². The summed E-state index contributed by atoms with van der Waals surface area (Å²) in [6.07, 6.45) is 4.57. The van der Waals surface area contributed by atoms with E-state index < -0.39 is 0 Å². The highest BCUT2D eigenvalue weighted by Gasteiger charge is 2.42. The smallest absolute Gasteiger partial charge is 0.256 e. The number of carbonyl (C=O) groups is 1. The lowest BCUT2D eigenvalue weighted by Crippen LogP contribution is -2.42. The number of ether oxygens (including phenoxy) is 4. The molecule has 0 radical (unpaired) electrons. The molecule has 0 saturated carbocycles. The van der Waals surface area contributed by atoms with E-state index in [0.717, 1.165) is 93.7 Å². The Kier molecular flexibility index (Phi) is 6.43. The predicted molar refractivity (Wildman–Crippen MR) is 133 cm³/mol. The average molecular weight is 495 g/mol. The molecule has 6 rings (SSSR count). The van der Waals surface area contributed by atoms with Gasteiger partial charge in [0, 0.05) is 50.4 Å². The summed E-state index contributed by atoms with van der Waals surface area (Å²) < 4.78 is 22.1. The van der Waals surface area contributed by atoms with Crippen LogP contribution >= 0.6 is 0 Å². The molecule has 9 heteroatoms. The number of methoxy groups -OCH3 is 1. The minimum atomic E-state index is 0.0183. The third kappa shape index (κ3) is 4.50. The largest absolute Gasteiger partial charge is 0.489 e. The number of aromatic nitrogens is 2. The lowest BCUT2D eigenvalue weighted by molar-refractivity contribution is -0.0604. The first-order valence-corrected chi connectivity index (χ1v) is 13.0. The van der Waals surface area contributed by atoms with Crippen molar-refractivity contribution in [3.63, 3.8) is 0 Å². The third-order valence-electron chi connectivity index (χ3n) is 7.79. The van der Waals surface area contributed by atoms with Gasteiger partial charge in [-0.25, -0.2) is 9.97 Å². The number of aryl methyl sites for hydroxylation is 1. The molecule has 2 aromatic rings. The van der Waals surface area contributed by atoms with Gasteiger partial charge < -0.3 is 28.7 Å². The molecule has 0 aliphatic carbocycles. The number of rotatable bonds is 8. The fourth-order valence-electron chi connectivity index (χ4n) is 5.60. The normalized spacial score (nSPS) is 22.8. The molecule has 0 aromatic carbocycles. The Morgan fingerprint density at radius 3 is 2.44 bits per heavy atom. The van der Waals surface area contributed by atoms with Crippen LogP contribution in [0.4, 0.5) is 5.82 Å². The van der Waals surface area contributed by atoms with E-state index in [4.69, 9.17) is 23.9 Å². The summed E-state index contributed by atoms with van der Waals surface area (Å²) >= 11 is 0. The highest BCUT2D eigenvalue weighted by Crippen LogP contribution is 2.41. The first-order chi connectivity index (χ1) is 17.6. The molecule has 6 heterocycles. The van der Waals surface area contributed by atoms with Gasteiger partial charge in [0.15, 0.2) is 0 Å². The SMILES string of the molecule is COc1ccc(OC2CCN(c3nc4c(cc3C)C(=O)N(CC3COC3)C4CC3COC3)CC2)cn1. The van der Waals surface area contributed by atoms with Gasteiger partial charge >= 0.3 is 0 Å². The van der Waals surface area contributed by atoms with E-state index in [0.29, 0.717) is 17.7 Å². The molecule has 3 saturated heterocycles. The number of piperidine rings is 1. The van der Waals surface area contributed by atoms with Crippen LogP contribution in [0.15, 0.2) is 24.4 Å². The summed E-state index contributed by atoms with van der Waals surface area (Å²) in [5.41, 5.74) is 2.77. The number of fused-ring (bicyclic) bond motifs is 1. The van der Waals surface area contributed by atoms with Crippen LogP contribution in [0, 0.1) is 18.8 Å². The molecular weight excluding hydrogens is 460 g/mol. The molecule has 9 nitrogen and oxygen atoms in total. The summed E-state index contributed by atoms with van der Waals surface area (Å²) in [5.74, 6) is 3.36. The van der Waals surface area contributed by atoms with Crippen LogP contribution in [0.3, 0.4) is 0 Å². The Labute approximate surface area is 211 Å². The maximum atomic E-state index is 13.4. The highest BCUT2D eigenvalue weighted by molar-refractivity contribution is 5.99. The van der Waals surface area contributed by atoms with Crippen molar-refractivity contribution in [2.75, 3.05) is 58.1 Å². The number of pyridine rings is 2. The maximum absolute atomic E-state index is 13.4. The van der Waals surface area contributed by atoms with Gasteiger partial charge in [-0.3, -0.25) is 4.79 Å². The molecule has 3 fully saturated rings. The fraction of sp³-hybridized carbons (Fsp3) is 0.593. The molecule has 0 spiro atoms. The van der Waals surface area contributed by atoms with Crippen molar-refractivity contribution in [3.8, 4) is 11.6 Å². The highest BCUT2D eigenvalue weighted by atomic mass is 16.5. The van der Waals surface area contributed by atoms with E-state index in [2.05, 4.69) is 27.8 Å². The van der Waals surface area contributed by atoms with E-state index in [9.17, 15) is 4.79 Å². The quantitative estimate of drug-likeness (QED) is 0.554. The monoisotopic (exact) mass is 494 g/mol. The summed E-state index contributed by atoms with van der Waals surface area (Å²) in [6, 6.07) is 5.80. The zero-order chi connectivity index (χ0) is 24.6. The van der Waals surface area contributed by atoms with Crippen molar-refractivity contribution in [2.45, 2.75) is 38.3 Å². The Bertz CT molecular complexity index is 1090. The average Bonchev–Trinajstić information content (AvgIpc) is 3.09. The van der Waals surface area contributed by atoms with Crippen LogP contribution in [0.1, 0.15) is 46.9 Å². The molecule has 36 heavy (non-hydrogen) atoms. The summed E-state index contributed by atoms with van der Waals surface area (Å²) in [5, 5.41) is 0. The molecule has 1 unspecified atom stereocenters. The van der Waals surface area contributed by atoms with Crippen molar-refractivity contribution in [1.82, 2.24) is 14.9 Å². The molecule has 0 N–H and O–H groups in total. The van der Waals surface area contributed by atoms with Gasteiger partial charge in [0.2, 0.25) is 5.88 Å². The van der Waals surface area contributed by atoms with Crippen LogP contribution in [-0.4, -0.2) is 80.1 Å². The Hall–Kier alpha value is -2.91. The standard InChI is InChI=1S/C27H34N4O5/c1-17-9-22-25(23(10-18-13-34-14-18)31(27(22)32)12-19-15-35-16-19)29-26(17)30-7-5-20(6-8-30)36-21-3-4-24(33-2)28-11-21/h3-4,9,11,18-20,23H,5-8,10,12-16H2,1-2H3. The minimum Gasteiger partial charge on any atom is -0.489 e. The number of carbonyl (C=O) groups excluding carboxylic acids is 1. The number of anilines is 1. The van der Waals surface area contributed by atoms with Crippen LogP contribution < -0.4 is 14.4 Å². The topological polar surface area (TPSA) is 86.3 Å². The molecule has 1 atom stereocenters. The molecular formula is C27H34N4O5. The van der Waals surface area contributed by atoms with Crippen molar-refractivity contribution in [2.24, 2.45) is 11.8 Å². The molecule has 1 amide bonds. The van der Waals surface area contributed by atoms with E-state index in [1.165, 1.54) is 0 Å². The minimum absolute atomic E-state index is 0.0183. The van der Waals surface area contributed by atoms with E-state index in [1.54, 1.807) is 13.3 Å². The van der Waals surface area contributed by atoms with Crippen LogP contribution in [0.25, 0.3) is 0 Å². The van der Waals surface area contributed by atoms with E-state index in [1.807, 2.05) is 12.1 Å². The van der Waals surface area contributed by atoms with Crippen LogP contribution in [-0.2, 0) is 9.47 Å². The molecule has 0 bridgehead atoms. The number of hydrogen-bond donors (Lipinski definition) is 0. The Morgan fingerprint density at radius 1 is 1.08 bits per heavy atom. The second-order valence-corrected chi connectivity index (χ2v) is 10.4. The third-order valence-corrected chi connectivity index (χ3v) is 7.79. The van der Waals surface area contributed by atoms with Gasteiger partial charge in [0.25, 0.3) is 5.91 Å². The van der Waals surface area contributed by atoms with Gasteiger partial charge in [-0.1, -0.05) is 0 Å². The summed E-state index contributed by atoms with van der Waals surface area (Å²) in [6.45, 7) is 7.55. The molecule has 192 valence electrons. The van der Waals surface area contributed by atoms with Crippen molar-refractivity contribution in [1.29, 1.82) is 0 Å². The number of amides is 1. The second kappa shape index (κ2) is 9.86. The zero-order valence-corrected chi connectivity index (χ0v) is 21.0. The Balaban J connectivity index is 1.17. The first kappa shape index (κ1) is 23.5. The van der Waals surface area contributed by atoms with Gasteiger partial charge in [0.1, 0.15) is 17.7 Å². The molecule has 2 aromatic heterocycles. The lowest BCUT2D eigenvalue weighted by atomic mass is 9.95. The van der Waals surface area contributed by atoms with Crippen LogP contribution in [0.2, 0.25) is 0 Å². The van der Waals surface area contributed by atoms with Gasteiger partial charge in [-0.05, 0) is 31.0 Å². The van der Waals surface area contributed by atoms with Gasteiger partial charge in [-0.15, -0.1) is 0 Å². The van der Waals surface area contributed by atoms with Crippen molar-refractivity contribution < 1.29 is 23.7 Å². The first-order valence-electron chi connectivity index (χ1n) is 13.0. The van der Waals surface area contributed by atoms with Gasteiger partial charge in [0.05, 0.1) is 57.0 Å². The number of nitrogens with zero attached hydrogens (tertiary/aromatic N) is 4. The van der Waals surface area contributed by atoms with E-state index in [-0.39, 0.29) is 18.1 Å². The second-order valence-electron chi connectivity index (χ2n) is 10.4. The fourth-order valence-corrected chi connectivity index (χ4v) is 5.60.